The molecule has 78 valence electrons. The molecule has 0 heterocycles. The summed E-state index contributed by atoms with van der Waals surface area (Å²) in [4.78, 5) is 2.40. The Hall–Kier alpha value is 0.270. The predicted molar refractivity (Wildman–Crippen MR) is 59.2 cm³/mol. The summed E-state index contributed by atoms with van der Waals surface area (Å²) in [7, 11) is 2.19. The molecule has 0 unspecified atom stereocenters. The van der Waals surface area contributed by atoms with Crippen LogP contribution in [0.15, 0.2) is 0 Å². The average molecular weight is 203 g/mol. The molecule has 1 aliphatic rings. The number of nitrogens with zero attached hydrogens (tertiary/aromatic N) is 1. The predicted octanol–water partition coefficient (Wildman–Crippen LogP) is 1.44. The Morgan fingerprint density at radius 1 is 1.46 bits per heavy atom. The van der Waals surface area contributed by atoms with Crippen LogP contribution in [0.25, 0.3) is 0 Å². The second-order valence-corrected chi connectivity index (χ2v) is 5.09. The Kier molecular flexibility index (Phi) is 5.14. The van der Waals surface area contributed by atoms with Crippen LogP contribution >= 0.6 is 11.8 Å². The fourth-order valence-electron chi connectivity index (χ4n) is 1.86. The van der Waals surface area contributed by atoms with Gasteiger partial charge < -0.3 is 10.0 Å². The fraction of sp³-hybridized carbons (Fsp3) is 1.00. The Balaban J connectivity index is 1.95. The first kappa shape index (κ1) is 11.3. The maximum Gasteiger partial charge on any atom is 0.0546 e. The molecule has 1 N–H and O–H groups in total. The SMILES string of the molecule is CSCCCN(C)CC1CC(O)C1. The summed E-state index contributed by atoms with van der Waals surface area (Å²) >= 11 is 1.92. The molecule has 0 aromatic rings. The summed E-state index contributed by atoms with van der Waals surface area (Å²) in [6, 6.07) is 0. The number of aliphatic hydroxyl groups is 1. The minimum absolute atomic E-state index is 0.00426. The van der Waals surface area contributed by atoms with Crippen molar-refractivity contribution in [3.05, 3.63) is 0 Å². The summed E-state index contributed by atoms with van der Waals surface area (Å²) in [5.41, 5.74) is 0. The minimum atomic E-state index is 0.00426. The molecule has 1 aliphatic carbocycles. The lowest BCUT2D eigenvalue weighted by Crippen LogP contribution is -2.37. The lowest BCUT2D eigenvalue weighted by Gasteiger charge is -2.34. The van der Waals surface area contributed by atoms with E-state index in [1.807, 2.05) is 11.8 Å². The number of thioether (sulfide) groups is 1. The molecule has 0 saturated heterocycles. The monoisotopic (exact) mass is 203 g/mol. The molecule has 0 aromatic heterocycles. The average Bonchev–Trinajstić information content (AvgIpc) is 2.02. The molecule has 3 heteroatoms. The zero-order valence-electron chi connectivity index (χ0n) is 8.70. The first-order chi connectivity index (χ1) is 6.22. The summed E-state index contributed by atoms with van der Waals surface area (Å²) < 4.78 is 0. The van der Waals surface area contributed by atoms with Crippen LogP contribution in [0.4, 0.5) is 0 Å². The smallest absolute Gasteiger partial charge is 0.0546 e. The highest BCUT2D eigenvalue weighted by Crippen LogP contribution is 2.27. The summed E-state index contributed by atoms with van der Waals surface area (Å²) in [5.74, 6) is 2.02. The second-order valence-electron chi connectivity index (χ2n) is 4.10. The highest BCUT2D eigenvalue weighted by molar-refractivity contribution is 7.98. The number of aliphatic hydroxyl groups excluding tert-OH is 1. The van der Waals surface area contributed by atoms with E-state index < -0.39 is 0 Å². The molecular weight excluding hydrogens is 182 g/mol. The third-order valence-electron chi connectivity index (χ3n) is 2.67. The fourth-order valence-corrected chi connectivity index (χ4v) is 2.28. The number of rotatable bonds is 6. The van der Waals surface area contributed by atoms with E-state index in [1.54, 1.807) is 0 Å². The van der Waals surface area contributed by atoms with Gasteiger partial charge in [-0.1, -0.05) is 0 Å². The summed E-state index contributed by atoms with van der Waals surface area (Å²) in [6.45, 7) is 2.37. The quantitative estimate of drug-likeness (QED) is 0.661. The van der Waals surface area contributed by atoms with Crippen LogP contribution in [-0.2, 0) is 0 Å². The van der Waals surface area contributed by atoms with Crippen molar-refractivity contribution in [2.45, 2.75) is 25.4 Å². The van der Waals surface area contributed by atoms with Gasteiger partial charge in [0.1, 0.15) is 0 Å². The molecule has 0 atom stereocenters. The van der Waals surface area contributed by atoms with Gasteiger partial charge in [0.25, 0.3) is 0 Å². The van der Waals surface area contributed by atoms with Gasteiger partial charge in [-0.3, -0.25) is 0 Å². The van der Waals surface area contributed by atoms with Gasteiger partial charge in [0, 0.05) is 6.54 Å². The molecule has 0 radical (unpaired) electrons. The van der Waals surface area contributed by atoms with Gasteiger partial charge >= 0.3 is 0 Å². The zero-order valence-corrected chi connectivity index (χ0v) is 9.52. The molecule has 0 amide bonds. The number of hydrogen-bond donors (Lipinski definition) is 1. The molecule has 0 spiro atoms. The Labute approximate surface area is 85.7 Å². The van der Waals surface area contributed by atoms with E-state index >= 15 is 0 Å². The van der Waals surface area contributed by atoms with Crippen molar-refractivity contribution in [2.75, 3.05) is 32.1 Å². The maximum absolute atomic E-state index is 9.12. The third kappa shape index (κ3) is 4.34. The van der Waals surface area contributed by atoms with Gasteiger partial charge in [-0.05, 0) is 50.8 Å². The summed E-state index contributed by atoms with van der Waals surface area (Å²) in [6.07, 6.45) is 5.49. The van der Waals surface area contributed by atoms with Crippen molar-refractivity contribution >= 4 is 11.8 Å². The van der Waals surface area contributed by atoms with Crippen LogP contribution in [0.2, 0.25) is 0 Å². The highest BCUT2D eigenvalue weighted by Gasteiger charge is 2.27. The van der Waals surface area contributed by atoms with E-state index in [0.29, 0.717) is 0 Å². The Bertz CT molecular complexity index is 137. The lowest BCUT2D eigenvalue weighted by atomic mass is 9.82. The largest absolute Gasteiger partial charge is 0.393 e. The van der Waals surface area contributed by atoms with Gasteiger partial charge in [-0.25, -0.2) is 0 Å². The van der Waals surface area contributed by atoms with E-state index in [1.165, 1.54) is 25.3 Å². The van der Waals surface area contributed by atoms with Crippen LogP contribution in [-0.4, -0.2) is 48.3 Å². The van der Waals surface area contributed by atoms with E-state index in [4.69, 9.17) is 5.11 Å². The van der Waals surface area contributed by atoms with E-state index in [9.17, 15) is 0 Å². The normalized spacial score (nSPS) is 27.7. The number of hydrogen-bond acceptors (Lipinski definition) is 3. The molecule has 13 heavy (non-hydrogen) atoms. The van der Waals surface area contributed by atoms with E-state index in [2.05, 4.69) is 18.2 Å². The van der Waals surface area contributed by atoms with Crippen molar-refractivity contribution in [3.8, 4) is 0 Å². The van der Waals surface area contributed by atoms with Crippen LogP contribution in [0.1, 0.15) is 19.3 Å². The molecule has 0 aliphatic heterocycles. The topological polar surface area (TPSA) is 23.5 Å². The first-order valence-electron chi connectivity index (χ1n) is 5.08. The van der Waals surface area contributed by atoms with Gasteiger partial charge in [0.05, 0.1) is 6.10 Å². The molecule has 0 bridgehead atoms. The summed E-state index contributed by atoms with van der Waals surface area (Å²) in [5, 5.41) is 9.12. The highest BCUT2D eigenvalue weighted by atomic mass is 32.2. The van der Waals surface area contributed by atoms with Crippen molar-refractivity contribution in [1.29, 1.82) is 0 Å². The third-order valence-corrected chi connectivity index (χ3v) is 3.37. The van der Waals surface area contributed by atoms with Crippen LogP contribution in [0.5, 0.6) is 0 Å². The van der Waals surface area contributed by atoms with Gasteiger partial charge in [-0.2, -0.15) is 11.8 Å². The zero-order chi connectivity index (χ0) is 9.68. The molecule has 2 nitrogen and oxygen atoms in total. The van der Waals surface area contributed by atoms with Crippen molar-refractivity contribution in [1.82, 2.24) is 4.90 Å². The maximum atomic E-state index is 9.12. The van der Waals surface area contributed by atoms with Crippen LogP contribution < -0.4 is 0 Å². The Morgan fingerprint density at radius 2 is 2.15 bits per heavy atom. The van der Waals surface area contributed by atoms with Gasteiger partial charge in [0.15, 0.2) is 0 Å². The van der Waals surface area contributed by atoms with Crippen molar-refractivity contribution in [3.63, 3.8) is 0 Å². The molecule has 1 rings (SSSR count). The molecule has 1 fully saturated rings. The first-order valence-corrected chi connectivity index (χ1v) is 6.47. The minimum Gasteiger partial charge on any atom is -0.393 e. The molecule has 0 aromatic carbocycles. The van der Waals surface area contributed by atoms with Gasteiger partial charge in [-0.15, -0.1) is 0 Å². The standard InChI is InChI=1S/C10H21NOS/c1-11(4-3-5-13-2)8-9-6-10(12)7-9/h9-10,12H,3-8H2,1-2H3. The molecular formula is C10H21NOS. The van der Waals surface area contributed by atoms with Gasteiger partial charge in [0.2, 0.25) is 0 Å². The van der Waals surface area contributed by atoms with Crippen molar-refractivity contribution in [2.24, 2.45) is 5.92 Å². The lowest BCUT2D eigenvalue weighted by molar-refractivity contribution is 0.0284. The van der Waals surface area contributed by atoms with Crippen LogP contribution in [0, 0.1) is 5.92 Å². The van der Waals surface area contributed by atoms with E-state index in [0.717, 1.165) is 18.8 Å². The van der Waals surface area contributed by atoms with Crippen LogP contribution in [0.3, 0.4) is 0 Å². The van der Waals surface area contributed by atoms with Crippen molar-refractivity contribution < 1.29 is 5.11 Å². The second kappa shape index (κ2) is 5.89. The molecule has 1 saturated carbocycles. The Morgan fingerprint density at radius 3 is 2.69 bits per heavy atom. The van der Waals surface area contributed by atoms with E-state index in [-0.39, 0.29) is 6.10 Å².